The predicted molar refractivity (Wildman–Crippen MR) is 63.7 cm³/mol. The van der Waals surface area contributed by atoms with Crippen LogP contribution in [0.3, 0.4) is 0 Å². The van der Waals surface area contributed by atoms with Crippen molar-refractivity contribution < 1.29 is 19.0 Å². The number of carbonyl (C=O) groups is 1. The third-order valence-corrected chi connectivity index (χ3v) is 2.71. The van der Waals surface area contributed by atoms with E-state index in [-0.39, 0.29) is 11.5 Å². The van der Waals surface area contributed by atoms with Crippen LogP contribution in [0.1, 0.15) is 55.5 Å². The third kappa shape index (κ3) is 2.81. The molecule has 1 aromatic carbocycles. The van der Waals surface area contributed by atoms with Crippen LogP contribution in [0.2, 0.25) is 0 Å². The number of hydrogen-bond donors (Lipinski definition) is 0. The maximum atomic E-state index is 13.3. The fourth-order valence-electron chi connectivity index (χ4n) is 1.89. The Labute approximate surface area is 106 Å². The lowest BCUT2D eigenvalue weighted by Crippen LogP contribution is -2.24. The maximum absolute atomic E-state index is 13.3. The van der Waals surface area contributed by atoms with E-state index in [4.69, 9.17) is 4.74 Å². The summed E-state index contributed by atoms with van der Waals surface area (Å²) in [5.41, 5.74) is -0.170. The van der Waals surface area contributed by atoms with Crippen LogP contribution in [-0.2, 0) is 9.84 Å². The lowest BCUT2D eigenvalue weighted by atomic mass is 10.0. The molecule has 0 saturated heterocycles. The normalized spacial score (nSPS) is 15.6. The van der Waals surface area contributed by atoms with Crippen LogP contribution >= 0.6 is 0 Å². The minimum atomic E-state index is -0.690. The second-order valence-electron chi connectivity index (χ2n) is 5.64. The first-order valence-electron chi connectivity index (χ1n) is 6.02. The third-order valence-electron chi connectivity index (χ3n) is 2.71. The van der Waals surface area contributed by atoms with Crippen molar-refractivity contribution in [2.75, 3.05) is 0 Å². The highest BCUT2D eigenvalue weighted by Crippen LogP contribution is 2.46. The first-order chi connectivity index (χ1) is 8.28. The number of ether oxygens (including phenoxy) is 1. The summed E-state index contributed by atoms with van der Waals surface area (Å²) in [7, 11) is 0. The van der Waals surface area contributed by atoms with E-state index in [1.54, 1.807) is 20.8 Å². The summed E-state index contributed by atoms with van der Waals surface area (Å²) in [6, 6.07) is 2.03. The Morgan fingerprint density at radius 3 is 2.44 bits per heavy atom. The number of hydrogen-bond acceptors (Lipinski definition) is 2. The molecule has 1 radical (unpaired) electrons. The molecule has 0 aliphatic heterocycles. The molecule has 1 aromatic rings. The number of carbonyl (C=O) groups excluding carboxylic acids is 1. The molecule has 0 aromatic heterocycles. The van der Waals surface area contributed by atoms with Gasteiger partial charge in [-0.25, -0.2) is 9.18 Å². The average molecular weight is 251 g/mol. The minimum absolute atomic E-state index is 0.0809. The van der Waals surface area contributed by atoms with Gasteiger partial charge in [0.25, 0.3) is 0 Å². The van der Waals surface area contributed by atoms with Gasteiger partial charge in [0.2, 0.25) is 0 Å². The average Bonchev–Trinajstić information content (AvgIpc) is 2.97. The number of rotatable bonds is 2. The van der Waals surface area contributed by atoms with E-state index in [9.17, 15) is 14.3 Å². The van der Waals surface area contributed by atoms with Gasteiger partial charge in [-0.15, -0.1) is 0 Å². The zero-order chi connectivity index (χ0) is 13.5. The van der Waals surface area contributed by atoms with Gasteiger partial charge in [-0.3, -0.25) is 5.11 Å². The second kappa shape index (κ2) is 4.26. The van der Waals surface area contributed by atoms with E-state index in [1.807, 2.05) is 0 Å². The van der Waals surface area contributed by atoms with Gasteiger partial charge in [0.05, 0.1) is 5.56 Å². The number of benzene rings is 1. The molecule has 0 spiro atoms. The van der Waals surface area contributed by atoms with Crippen molar-refractivity contribution in [3.05, 3.63) is 29.1 Å². The number of halogens is 1. The quantitative estimate of drug-likeness (QED) is 0.750. The summed E-state index contributed by atoms with van der Waals surface area (Å²) >= 11 is 0. The van der Waals surface area contributed by atoms with Crippen molar-refractivity contribution in [1.82, 2.24) is 0 Å². The molecule has 3 nitrogen and oxygen atoms in total. The fourth-order valence-corrected chi connectivity index (χ4v) is 1.89. The van der Waals surface area contributed by atoms with Crippen molar-refractivity contribution in [3.8, 4) is 5.75 Å². The SMILES string of the molecule is CC(C)(C)OC(=O)c1cc(F)cc([O])c1C1CC1. The number of esters is 1. The van der Waals surface area contributed by atoms with Crippen LogP contribution in [0.25, 0.3) is 0 Å². The van der Waals surface area contributed by atoms with Crippen LogP contribution in [-0.4, -0.2) is 11.6 Å². The van der Waals surface area contributed by atoms with Crippen molar-refractivity contribution in [3.63, 3.8) is 0 Å². The van der Waals surface area contributed by atoms with Gasteiger partial charge in [-0.05, 0) is 45.6 Å². The largest absolute Gasteiger partial charge is 0.456 e. The van der Waals surface area contributed by atoms with Crippen molar-refractivity contribution >= 4 is 5.97 Å². The van der Waals surface area contributed by atoms with Crippen molar-refractivity contribution in [2.24, 2.45) is 0 Å². The van der Waals surface area contributed by atoms with E-state index < -0.39 is 23.1 Å². The van der Waals surface area contributed by atoms with E-state index in [0.717, 1.165) is 25.0 Å². The molecule has 4 heteroatoms. The molecule has 0 atom stereocenters. The first-order valence-corrected chi connectivity index (χ1v) is 6.02. The molecule has 18 heavy (non-hydrogen) atoms. The van der Waals surface area contributed by atoms with Crippen molar-refractivity contribution in [2.45, 2.75) is 45.1 Å². The Morgan fingerprint density at radius 2 is 1.94 bits per heavy atom. The molecule has 0 bridgehead atoms. The van der Waals surface area contributed by atoms with Crippen LogP contribution in [0.5, 0.6) is 5.75 Å². The summed E-state index contributed by atoms with van der Waals surface area (Å²) in [5.74, 6) is -1.63. The summed E-state index contributed by atoms with van der Waals surface area (Å²) in [5, 5.41) is 11.8. The molecule has 1 aliphatic carbocycles. The highest BCUT2D eigenvalue weighted by Gasteiger charge is 2.33. The molecule has 1 saturated carbocycles. The van der Waals surface area contributed by atoms with Gasteiger partial charge in [-0.1, -0.05) is 0 Å². The Kier molecular flexibility index (Phi) is 3.05. The Hall–Kier alpha value is -1.58. The molecule has 0 heterocycles. The van der Waals surface area contributed by atoms with Crippen LogP contribution < -0.4 is 0 Å². The maximum Gasteiger partial charge on any atom is 0.339 e. The Morgan fingerprint density at radius 1 is 1.33 bits per heavy atom. The van der Waals surface area contributed by atoms with E-state index in [2.05, 4.69) is 0 Å². The summed E-state index contributed by atoms with van der Waals surface area (Å²) in [6.07, 6.45) is 1.74. The van der Waals surface area contributed by atoms with E-state index in [0.29, 0.717) is 5.56 Å². The highest BCUT2D eigenvalue weighted by molar-refractivity contribution is 5.92. The zero-order valence-corrected chi connectivity index (χ0v) is 10.7. The summed E-state index contributed by atoms with van der Waals surface area (Å²) < 4.78 is 18.5. The Balaban J connectivity index is 2.39. The molecular weight excluding hydrogens is 235 g/mol. The van der Waals surface area contributed by atoms with Gasteiger partial charge in [0, 0.05) is 11.6 Å². The predicted octanol–water partition coefficient (Wildman–Crippen LogP) is 3.80. The van der Waals surface area contributed by atoms with Gasteiger partial charge >= 0.3 is 5.97 Å². The molecule has 2 rings (SSSR count). The molecule has 97 valence electrons. The lowest BCUT2D eigenvalue weighted by Gasteiger charge is -2.20. The molecule has 1 aliphatic rings. The zero-order valence-electron chi connectivity index (χ0n) is 10.7. The molecule has 1 fully saturated rings. The first kappa shape index (κ1) is 12.9. The van der Waals surface area contributed by atoms with Crippen LogP contribution in [0.4, 0.5) is 4.39 Å². The van der Waals surface area contributed by atoms with Crippen LogP contribution in [0.15, 0.2) is 12.1 Å². The molecule has 0 amide bonds. The van der Waals surface area contributed by atoms with Gasteiger partial charge in [0.15, 0.2) is 5.75 Å². The molecule has 0 N–H and O–H groups in total. The Bertz CT molecular complexity index is 485. The molecule has 0 unspecified atom stereocenters. The summed E-state index contributed by atoms with van der Waals surface area (Å²) in [6.45, 7) is 5.21. The topological polar surface area (TPSA) is 46.2 Å². The smallest absolute Gasteiger partial charge is 0.339 e. The second-order valence-corrected chi connectivity index (χ2v) is 5.64. The van der Waals surface area contributed by atoms with Crippen LogP contribution in [0, 0.1) is 5.82 Å². The minimum Gasteiger partial charge on any atom is -0.456 e. The molecular formula is C14H16FO3. The highest BCUT2D eigenvalue weighted by atomic mass is 19.1. The van der Waals surface area contributed by atoms with E-state index >= 15 is 0 Å². The standard InChI is InChI=1S/C14H16FO3/c1-14(2,3)18-13(17)10-6-9(15)7-11(16)12(10)8-4-5-8/h6-8H,4-5H2,1-3H3. The van der Waals surface area contributed by atoms with Gasteiger partial charge < -0.3 is 4.74 Å². The van der Waals surface area contributed by atoms with Gasteiger partial charge in [-0.2, -0.15) is 0 Å². The van der Waals surface area contributed by atoms with Gasteiger partial charge in [0.1, 0.15) is 11.4 Å². The van der Waals surface area contributed by atoms with Crippen molar-refractivity contribution in [1.29, 1.82) is 0 Å². The lowest BCUT2D eigenvalue weighted by molar-refractivity contribution is 0.00669. The fraction of sp³-hybridized carbons (Fsp3) is 0.500. The monoisotopic (exact) mass is 251 g/mol. The summed E-state index contributed by atoms with van der Waals surface area (Å²) in [4.78, 5) is 12.0. The van der Waals surface area contributed by atoms with E-state index in [1.165, 1.54) is 0 Å².